The molecular formula is C32H39N3O5S. The molecule has 3 rings (SSSR count). The lowest BCUT2D eigenvalue weighted by Gasteiger charge is -2.33. The van der Waals surface area contributed by atoms with E-state index < -0.39 is 28.5 Å². The molecule has 41 heavy (non-hydrogen) atoms. The predicted octanol–water partition coefficient (Wildman–Crippen LogP) is 4.38. The van der Waals surface area contributed by atoms with E-state index in [1.807, 2.05) is 75.4 Å². The summed E-state index contributed by atoms with van der Waals surface area (Å²) in [4.78, 5) is 41.2. The third kappa shape index (κ3) is 9.28. The molecule has 1 atom stereocenters. The molecule has 9 heteroatoms. The first-order chi connectivity index (χ1) is 19.3. The Morgan fingerprint density at radius 1 is 0.878 bits per heavy atom. The molecule has 218 valence electrons. The summed E-state index contributed by atoms with van der Waals surface area (Å²) in [5.74, 6) is -0.874. The van der Waals surface area contributed by atoms with Crippen LogP contribution in [0.15, 0.2) is 78.9 Å². The van der Waals surface area contributed by atoms with Crippen LogP contribution in [0.4, 0.5) is 5.69 Å². The van der Waals surface area contributed by atoms with E-state index in [1.54, 1.807) is 18.2 Å². The van der Waals surface area contributed by atoms with E-state index >= 15 is 0 Å². The molecule has 0 saturated carbocycles. The van der Waals surface area contributed by atoms with E-state index in [1.165, 1.54) is 17.9 Å². The summed E-state index contributed by atoms with van der Waals surface area (Å²) in [6.45, 7) is 7.34. The Morgan fingerprint density at radius 3 is 2.12 bits per heavy atom. The minimum absolute atomic E-state index is 0.108. The van der Waals surface area contributed by atoms with Gasteiger partial charge in [-0.2, -0.15) is 0 Å². The van der Waals surface area contributed by atoms with Crippen LogP contribution >= 0.6 is 0 Å². The van der Waals surface area contributed by atoms with Gasteiger partial charge in [-0.25, -0.2) is 8.42 Å². The van der Waals surface area contributed by atoms with Crippen LogP contribution in [0.5, 0.6) is 0 Å². The van der Waals surface area contributed by atoms with Gasteiger partial charge in [-0.3, -0.25) is 18.7 Å². The monoisotopic (exact) mass is 577 g/mol. The maximum atomic E-state index is 14.1. The van der Waals surface area contributed by atoms with E-state index in [2.05, 4.69) is 5.32 Å². The zero-order chi connectivity index (χ0) is 30.2. The normalized spacial score (nSPS) is 12.0. The summed E-state index contributed by atoms with van der Waals surface area (Å²) in [7, 11) is -3.92. The van der Waals surface area contributed by atoms with Gasteiger partial charge in [-0.1, -0.05) is 86.1 Å². The summed E-state index contributed by atoms with van der Waals surface area (Å²) >= 11 is 0. The molecule has 0 bridgehead atoms. The first-order valence-electron chi connectivity index (χ1n) is 13.6. The average molecular weight is 578 g/mol. The first kappa shape index (κ1) is 31.5. The van der Waals surface area contributed by atoms with Crippen molar-refractivity contribution in [1.29, 1.82) is 0 Å². The Balaban J connectivity index is 2.06. The Morgan fingerprint density at radius 2 is 1.54 bits per heavy atom. The van der Waals surface area contributed by atoms with Crippen LogP contribution in [0.25, 0.3) is 0 Å². The molecule has 0 aliphatic rings. The van der Waals surface area contributed by atoms with Gasteiger partial charge in [0.2, 0.25) is 21.8 Å². The molecule has 0 unspecified atom stereocenters. The number of aryl methyl sites for hydroxylation is 1. The molecular weight excluding hydrogens is 538 g/mol. The summed E-state index contributed by atoms with van der Waals surface area (Å²) in [6, 6.07) is 22.3. The maximum Gasteiger partial charge on any atom is 0.244 e. The largest absolute Gasteiger partial charge is 0.354 e. The highest BCUT2D eigenvalue weighted by atomic mass is 32.2. The van der Waals surface area contributed by atoms with Crippen molar-refractivity contribution in [3.05, 3.63) is 101 Å². The van der Waals surface area contributed by atoms with Crippen LogP contribution in [0.1, 0.15) is 47.8 Å². The summed E-state index contributed by atoms with van der Waals surface area (Å²) in [6.07, 6.45) is 1.27. The predicted molar refractivity (Wildman–Crippen MR) is 162 cm³/mol. The van der Waals surface area contributed by atoms with Gasteiger partial charge in [0.15, 0.2) is 5.78 Å². The standard InChI is InChI=1S/C32H39N3O5S/c1-23(2)20-33-32(38)30(18-26-10-7-6-8-11-26)34(21-27-16-14-24(3)15-17-27)31(37)22-35(41(5,39)40)29-13-9-12-28(19-29)25(4)36/h6-17,19,23,30H,18,20-22H2,1-5H3,(H,33,38)/t30-/m0/s1. The van der Waals surface area contributed by atoms with Gasteiger partial charge in [0.05, 0.1) is 11.9 Å². The van der Waals surface area contributed by atoms with Crippen LogP contribution in [-0.4, -0.2) is 56.3 Å². The van der Waals surface area contributed by atoms with Crippen LogP contribution in [-0.2, 0) is 32.6 Å². The zero-order valence-corrected chi connectivity index (χ0v) is 25.1. The third-order valence-corrected chi connectivity index (χ3v) is 7.79. The molecule has 0 aromatic heterocycles. The molecule has 0 aliphatic heterocycles. The van der Waals surface area contributed by atoms with Crippen molar-refractivity contribution >= 4 is 33.3 Å². The van der Waals surface area contributed by atoms with E-state index in [0.717, 1.165) is 27.3 Å². The quantitative estimate of drug-likeness (QED) is 0.304. The SMILES string of the molecule is CC(=O)c1cccc(N(CC(=O)N(Cc2ccc(C)cc2)[C@@H](Cc2ccccc2)C(=O)NCC(C)C)S(C)(=O)=O)c1. The number of nitrogens with one attached hydrogen (secondary N) is 1. The van der Waals surface area contributed by atoms with Gasteiger partial charge in [0.1, 0.15) is 12.6 Å². The highest BCUT2D eigenvalue weighted by Crippen LogP contribution is 2.22. The van der Waals surface area contributed by atoms with Gasteiger partial charge >= 0.3 is 0 Å². The number of amides is 2. The smallest absolute Gasteiger partial charge is 0.244 e. The van der Waals surface area contributed by atoms with Gasteiger partial charge in [0.25, 0.3) is 0 Å². The highest BCUT2D eigenvalue weighted by molar-refractivity contribution is 7.92. The highest BCUT2D eigenvalue weighted by Gasteiger charge is 2.33. The molecule has 8 nitrogen and oxygen atoms in total. The topological polar surface area (TPSA) is 104 Å². The Labute approximate surface area is 243 Å². The van der Waals surface area contributed by atoms with Gasteiger partial charge < -0.3 is 10.2 Å². The van der Waals surface area contributed by atoms with Crippen molar-refractivity contribution in [2.75, 3.05) is 23.7 Å². The fourth-order valence-corrected chi connectivity index (χ4v) is 5.20. The molecule has 3 aromatic carbocycles. The number of carbonyl (C=O) groups excluding carboxylic acids is 3. The molecule has 0 aliphatic carbocycles. The summed E-state index contributed by atoms with van der Waals surface area (Å²) < 4.78 is 26.8. The lowest BCUT2D eigenvalue weighted by atomic mass is 10.0. The molecule has 0 fully saturated rings. The second-order valence-electron chi connectivity index (χ2n) is 10.7. The average Bonchev–Trinajstić information content (AvgIpc) is 2.93. The number of hydrogen-bond donors (Lipinski definition) is 1. The number of ketones is 1. The van der Waals surface area contributed by atoms with Gasteiger partial charge in [-0.15, -0.1) is 0 Å². The number of rotatable bonds is 13. The lowest BCUT2D eigenvalue weighted by Crippen LogP contribution is -2.53. The minimum Gasteiger partial charge on any atom is -0.354 e. The number of benzene rings is 3. The van der Waals surface area contributed by atoms with Crippen molar-refractivity contribution in [2.24, 2.45) is 5.92 Å². The molecule has 0 saturated heterocycles. The maximum absolute atomic E-state index is 14.1. The van der Waals surface area contributed by atoms with E-state index in [-0.39, 0.29) is 36.3 Å². The zero-order valence-electron chi connectivity index (χ0n) is 24.3. The molecule has 2 amide bonds. The number of anilines is 1. The number of hydrogen-bond acceptors (Lipinski definition) is 5. The lowest BCUT2D eigenvalue weighted by molar-refractivity contribution is -0.140. The van der Waals surface area contributed by atoms with Crippen molar-refractivity contribution in [3.63, 3.8) is 0 Å². The number of carbonyl (C=O) groups is 3. The van der Waals surface area contributed by atoms with E-state index in [0.29, 0.717) is 12.1 Å². The Bertz CT molecular complexity index is 1450. The molecule has 1 N–H and O–H groups in total. The number of nitrogens with zero attached hydrogens (tertiary/aromatic N) is 2. The van der Waals surface area contributed by atoms with Crippen LogP contribution in [0.2, 0.25) is 0 Å². The van der Waals surface area contributed by atoms with E-state index in [4.69, 9.17) is 0 Å². The number of Topliss-reactive ketones (excluding diaryl/α,β-unsaturated/α-hetero) is 1. The number of sulfonamides is 1. The first-order valence-corrected chi connectivity index (χ1v) is 15.5. The van der Waals surface area contributed by atoms with Crippen molar-refractivity contribution in [3.8, 4) is 0 Å². The third-order valence-electron chi connectivity index (χ3n) is 6.65. The Kier molecular flexibility index (Phi) is 10.8. The van der Waals surface area contributed by atoms with Gasteiger partial charge in [0, 0.05) is 25.1 Å². The molecule has 0 spiro atoms. The second-order valence-corrected chi connectivity index (χ2v) is 12.6. The van der Waals surface area contributed by atoms with Crippen LogP contribution < -0.4 is 9.62 Å². The van der Waals surface area contributed by atoms with Crippen molar-refractivity contribution < 1.29 is 22.8 Å². The van der Waals surface area contributed by atoms with Gasteiger partial charge in [-0.05, 0) is 43.0 Å². The molecule has 0 heterocycles. The summed E-state index contributed by atoms with van der Waals surface area (Å²) in [5.41, 5.74) is 3.26. The van der Waals surface area contributed by atoms with E-state index in [9.17, 15) is 22.8 Å². The van der Waals surface area contributed by atoms with Crippen molar-refractivity contribution in [1.82, 2.24) is 10.2 Å². The van der Waals surface area contributed by atoms with Crippen LogP contribution in [0.3, 0.4) is 0 Å². The molecule has 3 aromatic rings. The molecule has 0 radical (unpaired) electrons. The minimum atomic E-state index is -3.92. The summed E-state index contributed by atoms with van der Waals surface area (Å²) in [5, 5.41) is 2.97. The fraction of sp³-hybridized carbons (Fsp3) is 0.344. The Hall–Kier alpha value is -3.98. The van der Waals surface area contributed by atoms with Crippen molar-refractivity contribution in [2.45, 2.75) is 46.7 Å². The van der Waals surface area contributed by atoms with Crippen LogP contribution in [0, 0.1) is 12.8 Å². The second kappa shape index (κ2) is 14.1. The fourth-order valence-electron chi connectivity index (χ4n) is 4.36.